The molecule has 0 aromatic heterocycles. The van der Waals surface area contributed by atoms with Gasteiger partial charge in [0.1, 0.15) is 11.4 Å². The minimum atomic E-state index is -0.218. The van der Waals surface area contributed by atoms with E-state index in [0.29, 0.717) is 11.7 Å². The second-order valence-corrected chi connectivity index (χ2v) is 6.82. The molecule has 2 nitrogen and oxygen atoms in total. The molecule has 2 aliphatic heterocycles. The van der Waals surface area contributed by atoms with Gasteiger partial charge in [0.25, 0.3) is 0 Å². The molecule has 19 heavy (non-hydrogen) atoms. The van der Waals surface area contributed by atoms with Crippen LogP contribution in [0.1, 0.15) is 59.8 Å². The molecule has 1 saturated carbocycles. The van der Waals surface area contributed by atoms with E-state index in [4.69, 9.17) is 4.74 Å². The third kappa shape index (κ3) is 1.62. The number of fused-ring (bicyclic) bond motifs is 1. The average molecular weight is 262 g/mol. The molecule has 0 N–H and O–H groups in total. The molecule has 1 unspecified atom stereocenters. The Labute approximate surface area is 116 Å². The first-order valence-corrected chi connectivity index (χ1v) is 7.96. The molecule has 5 atom stereocenters. The highest BCUT2D eigenvalue weighted by atomic mass is 16.5. The van der Waals surface area contributed by atoms with E-state index < -0.39 is 0 Å². The molecule has 0 radical (unpaired) electrons. The van der Waals surface area contributed by atoms with Crippen LogP contribution in [0.5, 0.6) is 0 Å². The molecular formula is C17H26O2. The number of ketones is 1. The maximum Gasteiger partial charge on any atom is 0.145 e. The molecule has 3 aliphatic rings. The van der Waals surface area contributed by atoms with Gasteiger partial charge in [0, 0.05) is 5.92 Å². The molecule has 1 saturated heterocycles. The Morgan fingerprint density at radius 3 is 2.68 bits per heavy atom. The third-order valence-electron chi connectivity index (χ3n) is 5.78. The van der Waals surface area contributed by atoms with Gasteiger partial charge in [-0.25, -0.2) is 0 Å². The number of Topliss-reactive ketones (excluding diaryl/α,β-unsaturated/α-hetero) is 1. The molecule has 2 heterocycles. The van der Waals surface area contributed by atoms with Crippen LogP contribution in [-0.2, 0) is 9.53 Å². The molecule has 3 rings (SSSR count). The fourth-order valence-electron chi connectivity index (χ4n) is 4.88. The summed E-state index contributed by atoms with van der Waals surface area (Å²) >= 11 is 0. The fraction of sp³-hybridized carbons (Fsp3) is 0.824. The lowest BCUT2D eigenvalue weighted by molar-refractivity contribution is -0.171. The van der Waals surface area contributed by atoms with Crippen molar-refractivity contribution in [1.82, 2.24) is 0 Å². The lowest BCUT2D eigenvalue weighted by atomic mass is 9.65. The SMILES string of the molecule is CC[C@@H]1C(=O)[C@H](CC)[C@]23CC(C)CCC2=C(C)[C@H]1O3. The van der Waals surface area contributed by atoms with Gasteiger partial charge >= 0.3 is 0 Å². The normalized spacial score (nSPS) is 45.6. The first-order valence-electron chi connectivity index (χ1n) is 7.96. The molecule has 1 aliphatic carbocycles. The summed E-state index contributed by atoms with van der Waals surface area (Å²) in [6, 6.07) is 0. The van der Waals surface area contributed by atoms with E-state index in [1.54, 1.807) is 0 Å². The summed E-state index contributed by atoms with van der Waals surface area (Å²) in [4.78, 5) is 12.8. The quantitative estimate of drug-likeness (QED) is 0.706. The molecule has 2 heteroatoms. The Kier molecular flexibility index (Phi) is 3.12. The number of carbonyl (C=O) groups excluding carboxylic acids is 1. The van der Waals surface area contributed by atoms with Gasteiger partial charge in [-0.05, 0) is 56.1 Å². The summed E-state index contributed by atoms with van der Waals surface area (Å²) in [6.45, 7) is 8.80. The van der Waals surface area contributed by atoms with E-state index in [-0.39, 0.29) is 23.5 Å². The summed E-state index contributed by atoms with van der Waals surface area (Å²) in [5.74, 6) is 1.35. The highest BCUT2D eigenvalue weighted by Gasteiger charge is 2.60. The molecule has 106 valence electrons. The second-order valence-electron chi connectivity index (χ2n) is 6.82. The predicted octanol–water partition coefficient (Wildman–Crippen LogP) is 3.90. The van der Waals surface area contributed by atoms with E-state index in [2.05, 4.69) is 27.7 Å². The highest BCUT2D eigenvalue weighted by molar-refractivity contribution is 5.88. The van der Waals surface area contributed by atoms with E-state index in [1.807, 2.05) is 0 Å². The Hall–Kier alpha value is -0.630. The molecule has 1 spiro atoms. The van der Waals surface area contributed by atoms with Gasteiger partial charge in [-0.3, -0.25) is 4.79 Å². The van der Waals surface area contributed by atoms with Crippen molar-refractivity contribution in [1.29, 1.82) is 0 Å². The minimum Gasteiger partial charge on any atom is -0.362 e. The molecule has 2 bridgehead atoms. The number of rotatable bonds is 2. The van der Waals surface area contributed by atoms with Crippen LogP contribution in [0.15, 0.2) is 11.1 Å². The Balaban J connectivity index is 2.10. The van der Waals surface area contributed by atoms with Crippen LogP contribution in [0.3, 0.4) is 0 Å². The number of carbonyl (C=O) groups is 1. The van der Waals surface area contributed by atoms with Gasteiger partial charge in [0.2, 0.25) is 0 Å². The van der Waals surface area contributed by atoms with Gasteiger partial charge in [0.05, 0.1) is 12.0 Å². The Morgan fingerprint density at radius 2 is 2.05 bits per heavy atom. The topological polar surface area (TPSA) is 26.3 Å². The van der Waals surface area contributed by atoms with Crippen molar-refractivity contribution >= 4 is 5.78 Å². The average Bonchev–Trinajstić information content (AvgIpc) is 2.61. The van der Waals surface area contributed by atoms with Gasteiger partial charge in [-0.1, -0.05) is 20.8 Å². The Bertz CT molecular complexity index is 437. The summed E-state index contributed by atoms with van der Waals surface area (Å²) in [5, 5.41) is 0. The van der Waals surface area contributed by atoms with Gasteiger partial charge in [-0.15, -0.1) is 0 Å². The van der Waals surface area contributed by atoms with Crippen molar-refractivity contribution in [3.63, 3.8) is 0 Å². The smallest absolute Gasteiger partial charge is 0.145 e. The Morgan fingerprint density at radius 1 is 1.32 bits per heavy atom. The van der Waals surface area contributed by atoms with Crippen LogP contribution in [0, 0.1) is 17.8 Å². The van der Waals surface area contributed by atoms with E-state index in [9.17, 15) is 4.79 Å². The third-order valence-corrected chi connectivity index (χ3v) is 5.78. The standard InChI is InChI=1S/C17H26O2/c1-5-12-15(18)13(6-2)17-9-10(3)7-8-14(17)11(4)16(12)19-17/h10,12-13,16H,5-9H2,1-4H3/t10?,12-,13+,16-,17-/m1/s1. The monoisotopic (exact) mass is 262 g/mol. The number of hydrogen-bond donors (Lipinski definition) is 0. The van der Waals surface area contributed by atoms with Crippen molar-refractivity contribution in [3.05, 3.63) is 11.1 Å². The lowest BCUT2D eigenvalue weighted by Gasteiger charge is -2.48. The second kappa shape index (κ2) is 4.44. The summed E-state index contributed by atoms with van der Waals surface area (Å²) in [5.41, 5.74) is 2.67. The van der Waals surface area contributed by atoms with Crippen molar-refractivity contribution in [3.8, 4) is 0 Å². The van der Waals surface area contributed by atoms with Crippen molar-refractivity contribution in [2.24, 2.45) is 17.8 Å². The predicted molar refractivity (Wildman–Crippen MR) is 75.9 cm³/mol. The van der Waals surface area contributed by atoms with Crippen LogP contribution in [0.2, 0.25) is 0 Å². The summed E-state index contributed by atoms with van der Waals surface area (Å²) in [7, 11) is 0. The maximum absolute atomic E-state index is 12.8. The highest BCUT2D eigenvalue weighted by Crippen LogP contribution is 2.57. The first kappa shape index (κ1) is 13.4. The first-order chi connectivity index (χ1) is 9.05. The maximum atomic E-state index is 12.8. The molecule has 0 amide bonds. The van der Waals surface area contributed by atoms with Gasteiger partial charge < -0.3 is 4.74 Å². The molecule has 0 aromatic carbocycles. The van der Waals surface area contributed by atoms with Crippen LogP contribution < -0.4 is 0 Å². The zero-order valence-corrected chi connectivity index (χ0v) is 12.7. The summed E-state index contributed by atoms with van der Waals surface area (Å²) < 4.78 is 6.55. The van der Waals surface area contributed by atoms with Crippen molar-refractivity contribution in [2.45, 2.75) is 71.5 Å². The largest absolute Gasteiger partial charge is 0.362 e. The molecule has 0 aromatic rings. The van der Waals surface area contributed by atoms with E-state index in [0.717, 1.165) is 25.7 Å². The lowest BCUT2D eigenvalue weighted by Crippen LogP contribution is -2.54. The van der Waals surface area contributed by atoms with Crippen molar-refractivity contribution in [2.75, 3.05) is 0 Å². The fourth-order valence-corrected chi connectivity index (χ4v) is 4.88. The van der Waals surface area contributed by atoms with Gasteiger partial charge in [-0.2, -0.15) is 0 Å². The molecule has 2 fully saturated rings. The van der Waals surface area contributed by atoms with Gasteiger partial charge in [0.15, 0.2) is 0 Å². The zero-order valence-electron chi connectivity index (χ0n) is 12.7. The van der Waals surface area contributed by atoms with E-state index >= 15 is 0 Å². The number of hydrogen-bond acceptors (Lipinski definition) is 2. The van der Waals surface area contributed by atoms with E-state index in [1.165, 1.54) is 17.6 Å². The summed E-state index contributed by atoms with van der Waals surface area (Å²) in [6.07, 6.45) is 5.37. The van der Waals surface area contributed by atoms with Crippen LogP contribution >= 0.6 is 0 Å². The van der Waals surface area contributed by atoms with Crippen molar-refractivity contribution < 1.29 is 9.53 Å². The number of ether oxygens (including phenoxy) is 1. The van der Waals surface area contributed by atoms with Crippen LogP contribution in [0.4, 0.5) is 0 Å². The molecular weight excluding hydrogens is 236 g/mol. The zero-order chi connectivity index (χ0) is 13.8. The van der Waals surface area contributed by atoms with Crippen LogP contribution in [0.25, 0.3) is 0 Å². The van der Waals surface area contributed by atoms with Crippen LogP contribution in [-0.4, -0.2) is 17.5 Å². The minimum absolute atomic E-state index is 0.0839.